The second-order valence-electron chi connectivity index (χ2n) is 8.08. The summed E-state index contributed by atoms with van der Waals surface area (Å²) in [6.45, 7) is 10.2. The molecule has 3 heteroatoms. The van der Waals surface area contributed by atoms with Gasteiger partial charge in [0, 0.05) is 5.57 Å². The highest BCUT2D eigenvalue weighted by atomic mass is 16.1. The Bertz CT molecular complexity index is 912. The molecule has 1 heterocycles. The predicted octanol–water partition coefficient (Wildman–Crippen LogP) is 5.71. The SMILES string of the molecule is C/C=C(\CC)C(=O)NC(C)c1ccc(C(=C2CCNCC2)c2ccc(C)cc2)cc1. The van der Waals surface area contributed by atoms with Gasteiger partial charge in [0.1, 0.15) is 0 Å². The summed E-state index contributed by atoms with van der Waals surface area (Å²) >= 11 is 0. The third kappa shape index (κ3) is 5.28. The molecular formula is C27H34N2O. The van der Waals surface area contributed by atoms with Gasteiger partial charge in [0.2, 0.25) is 5.91 Å². The molecule has 1 aliphatic heterocycles. The number of carbonyl (C=O) groups is 1. The molecule has 1 unspecified atom stereocenters. The molecule has 0 bridgehead atoms. The zero-order valence-corrected chi connectivity index (χ0v) is 18.7. The maximum atomic E-state index is 12.4. The van der Waals surface area contributed by atoms with Gasteiger partial charge in [0.25, 0.3) is 0 Å². The monoisotopic (exact) mass is 402 g/mol. The Morgan fingerprint density at radius 2 is 1.60 bits per heavy atom. The van der Waals surface area contributed by atoms with Crippen molar-refractivity contribution >= 4 is 11.5 Å². The molecular weight excluding hydrogens is 368 g/mol. The summed E-state index contributed by atoms with van der Waals surface area (Å²) < 4.78 is 0. The van der Waals surface area contributed by atoms with Crippen LogP contribution in [0.5, 0.6) is 0 Å². The molecule has 3 rings (SSSR count). The molecule has 0 spiro atoms. The molecule has 0 saturated carbocycles. The number of carbonyl (C=O) groups excluding carboxylic acids is 1. The van der Waals surface area contributed by atoms with E-state index < -0.39 is 0 Å². The second-order valence-corrected chi connectivity index (χ2v) is 8.08. The van der Waals surface area contributed by atoms with Gasteiger partial charge in [-0.15, -0.1) is 0 Å². The molecule has 1 fully saturated rings. The highest BCUT2D eigenvalue weighted by Gasteiger charge is 2.16. The van der Waals surface area contributed by atoms with Crippen LogP contribution in [0.2, 0.25) is 0 Å². The van der Waals surface area contributed by atoms with E-state index in [1.165, 1.54) is 27.8 Å². The van der Waals surface area contributed by atoms with Crippen molar-refractivity contribution in [2.45, 2.75) is 53.0 Å². The van der Waals surface area contributed by atoms with Crippen molar-refractivity contribution in [2.24, 2.45) is 0 Å². The fourth-order valence-corrected chi connectivity index (χ4v) is 4.08. The maximum Gasteiger partial charge on any atom is 0.247 e. The average Bonchev–Trinajstić information content (AvgIpc) is 2.77. The molecule has 2 aromatic rings. The van der Waals surface area contributed by atoms with Gasteiger partial charge in [0.15, 0.2) is 0 Å². The van der Waals surface area contributed by atoms with Crippen LogP contribution >= 0.6 is 0 Å². The summed E-state index contributed by atoms with van der Waals surface area (Å²) in [4.78, 5) is 12.4. The zero-order chi connectivity index (χ0) is 21.5. The van der Waals surface area contributed by atoms with Crippen LogP contribution in [0.15, 0.2) is 65.8 Å². The summed E-state index contributed by atoms with van der Waals surface area (Å²) in [5, 5.41) is 6.58. The third-order valence-corrected chi connectivity index (χ3v) is 5.97. The van der Waals surface area contributed by atoms with Gasteiger partial charge in [-0.25, -0.2) is 0 Å². The number of hydrogen-bond acceptors (Lipinski definition) is 2. The van der Waals surface area contributed by atoms with Crippen LogP contribution in [0.4, 0.5) is 0 Å². The van der Waals surface area contributed by atoms with Crippen LogP contribution in [0, 0.1) is 6.92 Å². The van der Waals surface area contributed by atoms with E-state index in [-0.39, 0.29) is 11.9 Å². The first-order valence-electron chi connectivity index (χ1n) is 11.1. The van der Waals surface area contributed by atoms with Gasteiger partial charge in [-0.05, 0) is 75.4 Å². The van der Waals surface area contributed by atoms with Crippen molar-refractivity contribution in [1.29, 1.82) is 0 Å². The number of nitrogens with one attached hydrogen (secondary N) is 2. The molecule has 0 aliphatic carbocycles. The summed E-state index contributed by atoms with van der Waals surface area (Å²) in [6.07, 6.45) is 4.81. The number of allylic oxidation sites excluding steroid dienone is 1. The minimum absolute atomic E-state index is 0.0220. The fraction of sp³-hybridized carbons (Fsp3) is 0.370. The smallest absolute Gasteiger partial charge is 0.247 e. The first kappa shape index (κ1) is 22.0. The lowest BCUT2D eigenvalue weighted by atomic mass is 9.88. The van der Waals surface area contributed by atoms with Crippen LogP contribution < -0.4 is 10.6 Å². The lowest BCUT2D eigenvalue weighted by molar-refractivity contribution is -0.118. The molecule has 1 atom stereocenters. The number of rotatable bonds is 6. The van der Waals surface area contributed by atoms with Crippen molar-refractivity contribution in [3.05, 3.63) is 88.0 Å². The van der Waals surface area contributed by atoms with Gasteiger partial charge >= 0.3 is 0 Å². The molecule has 0 radical (unpaired) electrons. The number of amides is 1. The summed E-state index contributed by atoms with van der Waals surface area (Å²) in [5.41, 5.74) is 8.65. The molecule has 1 amide bonds. The van der Waals surface area contributed by atoms with Gasteiger partial charge < -0.3 is 10.6 Å². The summed E-state index contributed by atoms with van der Waals surface area (Å²) in [6, 6.07) is 17.5. The van der Waals surface area contributed by atoms with Crippen LogP contribution in [-0.4, -0.2) is 19.0 Å². The van der Waals surface area contributed by atoms with E-state index in [4.69, 9.17) is 0 Å². The van der Waals surface area contributed by atoms with Crippen molar-refractivity contribution in [1.82, 2.24) is 10.6 Å². The first-order valence-corrected chi connectivity index (χ1v) is 11.1. The van der Waals surface area contributed by atoms with Gasteiger partial charge in [-0.1, -0.05) is 72.7 Å². The van der Waals surface area contributed by atoms with Crippen LogP contribution in [-0.2, 0) is 4.79 Å². The molecule has 1 aliphatic rings. The van der Waals surface area contributed by atoms with E-state index in [1.807, 2.05) is 26.8 Å². The molecule has 30 heavy (non-hydrogen) atoms. The number of hydrogen-bond donors (Lipinski definition) is 2. The van der Waals surface area contributed by atoms with E-state index in [9.17, 15) is 4.79 Å². The Hall–Kier alpha value is -2.65. The summed E-state index contributed by atoms with van der Waals surface area (Å²) in [7, 11) is 0. The van der Waals surface area contributed by atoms with E-state index in [0.29, 0.717) is 0 Å². The van der Waals surface area contributed by atoms with Crippen molar-refractivity contribution in [3.63, 3.8) is 0 Å². The highest BCUT2D eigenvalue weighted by molar-refractivity contribution is 5.93. The topological polar surface area (TPSA) is 41.1 Å². The lowest BCUT2D eigenvalue weighted by Crippen LogP contribution is -2.27. The predicted molar refractivity (Wildman–Crippen MR) is 126 cm³/mol. The van der Waals surface area contributed by atoms with Gasteiger partial charge in [-0.3, -0.25) is 4.79 Å². The molecule has 2 aromatic carbocycles. The largest absolute Gasteiger partial charge is 0.346 e. The number of piperidine rings is 1. The third-order valence-electron chi connectivity index (χ3n) is 5.97. The molecule has 3 nitrogen and oxygen atoms in total. The fourth-order valence-electron chi connectivity index (χ4n) is 4.08. The minimum Gasteiger partial charge on any atom is -0.346 e. The van der Waals surface area contributed by atoms with Crippen LogP contribution in [0.3, 0.4) is 0 Å². The van der Waals surface area contributed by atoms with E-state index in [0.717, 1.165) is 43.5 Å². The van der Waals surface area contributed by atoms with E-state index in [2.05, 4.69) is 66.1 Å². The van der Waals surface area contributed by atoms with Crippen LogP contribution in [0.25, 0.3) is 5.57 Å². The summed E-state index contributed by atoms with van der Waals surface area (Å²) in [5.74, 6) is 0.0220. The molecule has 0 aromatic heterocycles. The normalized spacial score (nSPS) is 15.6. The van der Waals surface area contributed by atoms with E-state index in [1.54, 1.807) is 0 Å². The molecule has 2 N–H and O–H groups in total. The first-order chi connectivity index (χ1) is 14.5. The standard InChI is InChI=1S/C27H34N2O/c1-5-21(6-2)27(30)29-20(4)22-11-13-24(14-12-22)26(25-15-17-28-18-16-25)23-9-7-19(3)8-10-23/h5,7-14,20,28H,6,15-18H2,1-4H3,(H,29,30)/b21-5+. The van der Waals surface area contributed by atoms with E-state index >= 15 is 0 Å². The number of aryl methyl sites for hydroxylation is 1. The Kier molecular flexibility index (Phi) is 7.64. The van der Waals surface area contributed by atoms with Crippen LogP contribution in [0.1, 0.15) is 68.3 Å². The number of benzene rings is 2. The maximum absolute atomic E-state index is 12.4. The second kappa shape index (κ2) is 10.4. The van der Waals surface area contributed by atoms with Crippen molar-refractivity contribution in [3.8, 4) is 0 Å². The quantitative estimate of drug-likeness (QED) is 0.607. The van der Waals surface area contributed by atoms with Gasteiger partial charge in [-0.2, -0.15) is 0 Å². The Balaban J connectivity index is 1.87. The molecule has 1 saturated heterocycles. The van der Waals surface area contributed by atoms with Crippen molar-refractivity contribution in [2.75, 3.05) is 13.1 Å². The Morgan fingerprint density at radius 3 is 2.13 bits per heavy atom. The molecule has 158 valence electrons. The van der Waals surface area contributed by atoms with Gasteiger partial charge in [0.05, 0.1) is 6.04 Å². The highest BCUT2D eigenvalue weighted by Crippen LogP contribution is 2.32. The zero-order valence-electron chi connectivity index (χ0n) is 18.7. The Labute approximate surface area is 181 Å². The average molecular weight is 403 g/mol. The minimum atomic E-state index is -0.0255. The Morgan fingerprint density at radius 1 is 1.03 bits per heavy atom. The lowest BCUT2D eigenvalue weighted by Gasteiger charge is -2.22. The van der Waals surface area contributed by atoms with Crippen molar-refractivity contribution < 1.29 is 4.79 Å².